The van der Waals surface area contributed by atoms with Gasteiger partial charge in [-0.15, -0.1) is 0 Å². The molecule has 78 heavy (non-hydrogen) atoms. The summed E-state index contributed by atoms with van der Waals surface area (Å²) >= 11 is 0. The van der Waals surface area contributed by atoms with E-state index in [4.69, 9.17) is 0 Å². The lowest BCUT2D eigenvalue weighted by molar-refractivity contribution is 0.0285. The first kappa shape index (κ1) is 82.2. The van der Waals surface area contributed by atoms with Gasteiger partial charge in [0.2, 0.25) is 0 Å². The summed E-state index contributed by atoms with van der Waals surface area (Å²) in [6, 6.07) is 0. The van der Waals surface area contributed by atoms with Crippen molar-refractivity contribution in [1.82, 2.24) is 0 Å². The minimum absolute atomic E-state index is 0.727. The third kappa shape index (κ3) is 24.5. The van der Waals surface area contributed by atoms with Crippen molar-refractivity contribution in [2.45, 2.75) is 291 Å². The first-order valence-corrected chi connectivity index (χ1v) is 35.2. The van der Waals surface area contributed by atoms with Crippen molar-refractivity contribution >= 4 is 0 Å². The molecular weight excluding hydrogens is 937 g/mol. The highest BCUT2D eigenvalue weighted by Gasteiger charge is 2.41. The van der Waals surface area contributed by atoms with Gasteiger partial charge < -0.3 is 0 Å². The van der Waals surface area contributed by atoms with E-state index in [0.29, 0.717) is 0 Å². The molecule has 0 amide bonds. The predicted octanol–water partition coefficient (Wildman–Crippen LogP) is 26.0. The van der Waals surface area contributed by atoms with Crippen LogP contribution in [0.1, 0.15) is 291 Å². The second kappa shape index (κ2) is 38.1. The fourth-order valence-electron chi connectivity index (χ4n) is 15.6. The minimum atomic E-state index is 0.727. The molecule has 0 saturated carbocycles. The van der Waals surface area contributed by atoms with Gasteiger partial charge in [-0.3, -0.25) is 0 Å². The van der Waals surface area contributed by atoms with Crippen LogP contribution in [0.4, 0.5) is 0 Å². The van der Waals surface area contributed by atoms with Crippen molar-refractivity contribution in [2.24, 2.45) is 213 Å². The van der Waals surface area contributed by atoms with E-state index in [-0.39, 0.29) is 0 Å². The van der Waals surface area contributed by atoms with Gasteiger partial charge in [0.05, 0.1) is 0 Å². The summed E-state index contributed by atoms with van der Waals surface area (Å²) < 4.78 is 0. The maximum atomic E-state index is 2.61. The Morgan fingerprint density at radius 2 is 0.154 bits per heavy atom. The van der Waals surface area contributed by atoms with Crippen LogP contribution in [-0.4, -0.2) is 0 Å². The van der Waals surface area contributed by atoms with Crippen LogP contribution in [0.2, 0.25) is 0 Å². The molecule has 0 aromatic rings. The fraction of sp³-hybridized carbons (Fsp3) is 1.00. The molecule has 0 bridgehead atoms. The highest BCUT2D eigenvalue weighted by Crippen LogP contribution is 2.47. The summed E-state index contributed by atoms with van der Waals surface area (Å²) in [5.74, 6) is 28.2. The summed E-state index contributed by atoms with van der Waals surface area (Å²) in [6.07, 6.45) is 0. The molecule has 0 aliphatic carbocycles. The highest BCUT2D eigenvalue weighted by atomic mass is 14.5. The van der Waals surface area contributed by atoms with Crippen LogP contribution in [0.5, 0.6) is 0 Å². The largest absolute Gasteiger partial charge is 0.0625 e. The summed E-state index contributed by atoms with van der Waals surface area (Å²) in [7, 11) is 0. The lowest BCUT2D eigenvalue weighted by Gasteiger charge is -2.46. The van der Waals surface area contributed by atoms with E-state index in [2.05, 4.69) is 291 Å². The average molecular weight is 1100 g/mol. The van der Waals surface area contributed by atoms with Gasteiger partial charge in [-0.1, -0.05) is 291 Å². The topological polar surface area (TPSA) is 0 Å². The van der Waals surface area contributed by atoms with E-state index in [1.165, 1.54) is 0 Å². The molecule has 0 rings (SSSR count). The predicted molar refractivity (Wildman–Crippen MR) is 364 cm³/mol. The number of rotatable bonds is 33. The molecule has 0 saturated heterocycles. The van der Waals surface area contributed by atoms with Crippen molar-refractivity contribution in [3.8, 4) is 0 Å². The number of hydrogen-bond donors (Lipinski definition) is 0. The SMILES string of the molecule is CC(C)C(C)C(C)C(C)C(C)C(C)C(C)C(C)C(C)C.CC(C)C(C)C(C)C(C)C(C)C(C)C(C)C(C)C(C)C.CC(C)C(C)C(C)C(C)C(C)C(C)C(C)C(C)C(C)C(C(C)C)C(C)C(C)C(C)C(C)C(C)C(C)C(C)C. The molecule has 0 aliphatic rings. The third-order valence-corrected chi connectivity index (χ3v) is 28.2. The maximum absolute atomic E-state index is 2.61. The molecular formula is C78H162. The second-order valence-electron chi connectivity index (χ2n) is 33.3. The van der Waals surface area contributed by atoms with Crippen LogP contribution in [0.3, 0.4) is 0 Å². The van der Waals surface area contributed by atoms with Crippen molar-refractivity contribution < 1.29 is 0 Å². The van der Waals surface area contributed by atoms with E-state index >= 15 is 0 Å². The maximum Gasteiger partial charge on any atom is -0.0334 e. The van der Waals surface area contributed by atoms with Crippen LogP contribution in [0, 0.1) is 213 Å². The average Bonchev–Trinajstić information content (AvgIpc) is 3.39. The van der Waals surface area contributed by atoms with E-state index in [1.54, 1.807) is 0 Å². The van der Waals surface area contributed by atoms with Crippen molar-refractivity contribution in [2.75, 3.05) is 0 Å². The Morgan fingerprint density at radius 1 is 0.0769 bits per heavy atom. The Hall–Kier alpha value is 0. The van der Waals surface area contributed by atoms with Crippen molar-refractivity contribution in [3.63, 3.8) is 0 Å². The lowest BCUT2D eigenvalue weighted by Crippen LogP contribution is -2.40. The number of hydrogen-bond acceptors (Lipinski definition) is 0. The van der Waals surface area contributed by atoms with Gasteiger partial charge in [-0.05, 0) is 213 Å². The van der Waals surface area contributed by atoms with Crippen molar-refractivity contribution in [1.29, 1.82) is 0 Å². The first-order valence-electron chi connectivity index (χ1n) is 35.2. The van der Waals surface area contributed by atoms with E-state index in [9.17, 15) is 0 Å². The Bertz CT molecular complexity index is 1340. The van der Waals surface area contributed by atoms with Gasteiger partial charge in [0, 0.05) is 0 Å². The standard InChI is InChI=1S/C38H78.2C20H42/c1-21(2)24(7)26(9)28(11)30(13)31(14)33(16)35(18)37(20)38(23(5)6)36(19)34(17)32(15)29(12)27(10)25(8)22(3)4;2*1-12(2)14(5)16(7)18(9)20(11)19(10)17(8)15(6)13(3)4/h21-38H,1-20H3;2*12-20H,1-11H3. The molecule has 0 aromatic heterocycles. The minimum Gasteiger partial charge on any atom is -0.0625 e. The Balaban J connectivity index is -0.00000119. The summed E-state index contributed by atoms with van der Waals surface area (Å²) in [4.78, 5) is 0. The molecule has 0 radical (unpaired) electrons. The molecule has 0 aromatic carbocycles. The van der Waals surface area contributed by atoms with Crippen LogP contribution in [-0.2, 0) is 0 Å². The molecule has 474 valence electrons. The van der Waals surface area contributed by atoms with Crippen LogP contribution in [0.15, 0.2) is 0 Å². The van der Waals surface area contributed by atoms with Crippen LogP contribution >= 0.6 is 0 Å². The van der Waals surface area contributed by atoms with Crippen LogP contribution in [0.25, 0.3) is 0 Å². The molecule has 0 N–H and O–H groups in total. The fourth-order valence-corrected chi connectivity index (χ4v) is 15.6. The molecule has 0 heteroatoms. The van der Waals surface area contributed by atoms with E-state index in [1.807, 2.05) is 0 Å². The summed E-state index contributed by atoms with van der Waals surface area (Å²) in [6.45, 7) is 104. The zero-order chi connectivity index (χ0) is 62.8. The van der Waals surface area contributed by atoms with Crippen molar-refractivity contribution in [3.05, 3.63) is 0 Å². The molecule has 0 spiro atoms. The Morgan fingerprint density at radius 3 is 0.231 bits per heavy atom. The lowest BCUT2D eigenvalue weighted by atomic mass is 9.60. The van der Waals surface area contributed by atoms with Gasteiger partial charge in [-0.25, -0.2) is 0 Å². The second-order valence-corrected chi connectivity index (χ2v) is 33.3. The molecule has 0 nitrogen and oxygen atoms in total. The molecule has 27 unspecified atom stereocenters. The summed E-state index contributed by atoms with van der Waals surface area (Å²) in [5, 5.41) is 0. The highest BCUT2D eigenvalue weighted by molar-refractivity contribution is 4.89. The molecule has 0 aliphatic heterocycles. The smallest absolute Gasteiger partial charge is 0.0334 e. The van der Waals surface area contributed by atoms with Gasteiger partial charge in [-0.2, -0.15) is 0 Å². The molecule has 27 atom stereocenters. The van der Waals surface area contributed by atoms with Gasteiger partial charge >= 0.3 is 0 Å². The van der Waals surface area contributed by atoms with Crippen LogP contribution < -0.4 is 0 Å². The van der Waals surface area contributed by atoms with E-state index < -0.39 is 0 Å². The zero-order valence-electron chi connectivity index (χ0n) is 62.8. The molecule has 0 heterocycles. The molecule has 0 fully saturated rings. The van der Waals surface area contributed by atoms with E-state index in [0.717, 1.165) is 213 Å². The Kier molecular flexibility index (Phi) is 40.2. The monoisotopic (exact) mass is 1100 g/mol. The van der Waals surface area contributed by atoms with Gasteiger partial charge in [0.25, 0.3) is 0 Å². The normalized spacial score (nSPS) is 24.1. The van der Waals surface area contributed by atoms with Gasteiger partial charge in [0.1, 0.15) is 0 Å². The first-order chi connectivity index (χ1) is 35.2. The Labute approximate surface area is 501 Å². The zero-order valence-corrected chi connectivity index (χ0v) is 62.8. The quantitative estimate of drug-likeness (QED) is 0.0614. The summed E-state index contributed by atoms with van der Waals surface area (Å²) in [5.41, 5.74) is 0. The third-order valence-electron chi connectivity index (χ3n) is 28.2. The van der Waals surface area contributed by atoms with Gasteiger partial charge in [0.15, 0.2) is 0 Å².